The Morgan fingerprint density at radius 3 is 2.59 bits per heavy atom. The second kappa shape index (κ2) is 6.55. The summed E-state index contributed by atoms with van der Waals surface area (Å²) in [4.78, 5) is 12.6. The second-order valence-electron chi connectivity index (χ2n) is 5.52. The molecule has 1 aromatic rings. The summed E-state index contributed by atoms with van der Waals surface area (Å²) in [5.41, 5.74) is 0.825. The Hall–Kier alpha value is -1.78. The van der Waals surface area contributed by atoms with Crippen LogP contribution in [0.2, 0.25) is 0 Å². The van der Waals surface area contributed by atoms with Crippen molar-refractivity contribution in [2.24, 2.45) is 5.92 Å². The van der Waals surface area contributed by atoms with Crippen LogP contribution in [0.1, 0.15) is 44.2 Å². The maximum atomic E-state index is 12.9. The molecular formula is C17H20F3NO. The lowest BCUT2D eigenvalue weighted by Crippen LogP contribution is -2.12. The van der Waals surface area contributed by atoms with E-state index in [1.807, 2.05) is 13.8 Å². The highest BCUT2D eigenvalue weighted by Gasteiger charge is 2.35. The first-order valence-electron chi connectivity index (χ1n) is 7.57. The summed E-state index contributed by atoms with van der Waals surface area (Å²) < 4.78 is 38.6. The fourth-order valence-corrected chi connectivity index (χ4v) is 2.92. The molecule has 0 fully saturated rings. The third kappa shape index (κ3) is 3.34. The van der Waals surface area contributed by atoms with Crippen molar-refractivity contribution in [3.05, 3.63) is 41.1 Å². The van der Waals surface area contributed by atoms with Gasteiger partial charge in [0, 0.05) is 23.7 Å². The number of hydrogen-bond donors (Lipinski definition) is 1. The summed E-state index contributed by atoms with van der Waals surface area (Å²) >= 11 is 0. The first-order valence-corrected chi connectivity index (χ1v) is 7.57. The van der Waals surface area contributed by atoms with Crippen molar-refractivity contribution in [1.29, 1.82) is 0 Å². The number of hydrogen-bond acceptors (Lipinski definition) is 2. The lowest BCUT2D eigenvalue weighted by atomic mass is 9.95. The first-order chi connectivity index (χ1) is 10.4. The Morgan fingerprint density at radius 1 is 1.27 bits per heavy atom. The van der Waals surface area contributed by atoms with Gasteiger partial charge in [-0.3, -0.25) is 4.79 Å². The number of halogens is 3. The number of ketones is 1. The van der Waals surface area contributed by atoms with E-state index in [2.05, 4.69) is 5.32 Å². The fraction of sp³-hybridized carbons (Fsp3) is 0.471. The third-order valence-corrected chi connectivity index (χ3v) is 3.88. The first kappa shape index (κ1) is 16.6. The Bertz CT molecular complexity index is 590. The minimum absolute atomic E-state index is 0.0443. The normalized spacial score (nSPS) is 19.0. The average Bonchev–Trinajstić information content (AvgIpc) is 2.75. The number of Topliss-reactive ketones (excluding diaryl/α,β-unsaturated/α-hetero) is 1. The van der Waals surface area contributed by atoms with Crippen LogP contribution < -0.4 is 5.32 Å². The van der Waals surface area contributed by atoms with E-state index in [-0.39, 0.29) is 11.7 Å². The predicted octanol–water partition coefficient (Wildman–Crippen LogP) is 4.42. The smallest absolute Gasteiger partial charge is 0.388 e. The summed E-state index contributed by atoms with van der Waals surface area (Å²) in [6, 6.07) is 5.03. The summed E-state index contributed by atoms with van der Waals surface area (Å²) in [6.45, 7) is 4.56. The van der Waals surface area contributed by atoms with Crippen LogP contribution in [0.15, 0.2) is 30.0 Å². The van der Waals surface area contributed by atoms with Crippen LogP contribution in [0.25, 0.3) is 5.57 Å². The highest BCUT2D eigenvalue weighted by atomic mass is 19.4. The third-order valence-electron chi connectivity index (χ3n) is 3.88. The van der Waals surface area contributed by atoms with E-state index in [0.717, 1.165) is 30.7 Å². The molecule has 1 N–H and O–H groups in total. The quantitative estimate of drug-likeness (QED) is 0.872. The molecule has 0 heterocycles. The van der Waals surface area contributed by atoms with Crippen molar-refractivity contribution in [2.75, 3.05) is 6.54 Å². The molecule has 1 aliphatic rings. The molecule has 0 bridgehead atoms. The van der Waals surface area contributed by atoms with Gasteiger partial charge in [-0.15, -0.1) is 0 Å². The molecule has 1 unspecified atom stereocenters. The molecule has 2 rings (SSSR count). The van der Waals surface area contributed by atoms with Gasteiger partial charge in [-0.1, -0.05) is 25.5 Å². The van der Waals surface area contributed by atoms with E-state index in [1.54, 1.807) is 6.07 Å². The van der Waals surface area contributed by atoms with Crippen molar-refractivity contribution in [1.82, 2.24) is 5.32 Å². The molecule has 5 heteroatoms. The van der Waals surface area contributed by atoms with Gasteiger partial charge < -0.3 is 5.32 Å². The molecule has 120 valence electrons. The maximum Gasteiger partial charge on any atom is 0.416 e. The minimum Gasteiger partial charge on any atom is -0.388 e. The minimum atomic E-state index is -4.40. The summed E-state index contributed by atoms with van der Waals surface area (Å²) in [5, 5.41) is 3.15. The molecule has 0 spiro atoms. The SMILES string of the molecule is CCCC1CC(NCC)=C(c2cccc(C(F)(F)F)c2)C1=O. The summed E-state index contributed by atoms with van der Waals surface area (Å²) in [6.07, 6.45) is -2.17. The Kier molecular flexibility index (Phi) is 4.94. The molecule has 1 aromatic carbocycles. The Labute approximate surface area is 128 Å². The van der Waals surface area contributed by atoms with Crippen molar-refractivity contribution < 1.29 is 18.0 Å². The van der Waals surface area contributed by atoms with E-state index in [1.165, 1.54) is 6.07 Å². The lowest BCUT2D eigenvalue weighted by Gasteiger charge is -2.11. The zero-order valence-electron chi connectivity index (χ0n) is 12.8. The van der Waals surface area contributed by atoms with Gasteiger partial charge in [0.15, 0.2) is 5.78 Å². The van der Waals surface area contributed by atoms with Gasteiger partial charge in [0.1, 0.15) is 0 Å². The molecule has 1 atom stereocenters. The standard InChI is InChI=1S/C17H20F3NO/c1-3-6-12-10-14(21-4-2)15(16(12)22)11-7-5-8-13(9-11)17(18,19)20/h5,7-9,12,21H,3-4,6,10H2,1-2H3. The predicted molar refractivity (Wildman–Crippen MR) is 80.1 cm³/mol. The van der Waals surface area contributed by atoms with Gasteiger partial charge in [-0.25, -0.2) is 0 Å². The van der Waals surface area contributed by atoms with Crippen molar-refractivity contribution in [3.8, 4) is 0 Å². The van der Waals surface area contributed by atoms with Crippen LogP contribution in [-0.2, 0) is 11.0 Å². The number of carbonyl (C=O) groups excluding carboxylic acids is 1. The van der Waals surface area contributed by atoms with Gasteiger partial charge in [0.05, 0.1) is 5.56 Å². The fourth-order valence-electron chi connectivity index (χ4n) is 2.92. The highest BCUT2D eigenvalue weighted by Crippen LogP contribution is 2.38. The van der Waals surface area contributed by atoms with Crippen LogP contribution in [-0.4, -0.2) is 12.3 Å². The number of alkyl halides is 3. The zero-order chi connectivity index (χ0) is 16.3. The van der Waals surface area contributed by atoms with Gasteiger partial charge in [0.2, 0.25) is 0 Å². The summed E-state index contributed by atoms with van der Waals surface area (Å²) in [5.74, 6) is -0.166. The van der Waals surface area contributed by atoms with Crippen molar-refractivity contribution in [2.45, 2.75) is 39.3 Å². The van der Waals surface area contributed by atoms with E-state index in [0.29, 0.717) is 24.1 Å². The van der Waals surface area contributed by atoms with Gasteiger partial charge in [-0.05, 0) is 37.5 Å². The highest BCUT2D eigenvalue weighted by molar-refractivity contribution is 6.24. The van der Waals surface area contributed by atoms with Crippen molar-refractivity contribution in [3.63, 3.8) is 0 Å². The molecule has 0 saturated heterocycles. The molecular weight excluding hydrogens is 291 g/mol. The lowest BCUT2D eigenvalue weighted by molar-refractivity contribution is -0.137. The van der Waals surface area contributed by atoms with E-state index in [9.17, 15) is 18.0 Å². The largest absolute Gasteiger partial charge is 0.416 e. The molecule has 0 radical (unpaired) electrons. The average molecular weight is 311 g/mol. The second-order valence-corrected chi connectivity index (χ2v) is 5.52. The van der Waals surface area contributed by atoms with Gasteiger partial charge in [0.25, 0.3) is 0 Å². The Morgan fingerprint density at radius 2 is 2.00 bits per heavy atom. The van der Waals surface area contributed by atoms with Crippen LogP contribution in [0.4, 0.5) is 13.2 Å². The number of benzene rings is 1. The number of allylic oxidation sites excluding steroid dienone is 2. The van der Waals surface area contributed by atoms with E-state index in [4.69, 9.17) is 0 Å². The van der Waals surface area contributed by atoms with Gasteiger partial charge >= 0.3 is 6.18 Å². The molecule has 2 nitrogen and oxygen atoms in total. The number of rotatable bonds is 5. The monoisotopic (exact) mass is 311 g/mol. The molecule has 0 aromatic heterocycles. The van der Waals surface area contributed by atoms with Crippen LogP contribution >= 0.6 is 0 Å². The Balaban J connectivity index is 2.43. The topological polar surface area (TPSA) is 29.1 Å². The maximum absolute atomic E-state index is 12.9. The van der Waals surface area contributed by atoms with E-state index < -0.39 is 11.7 Å². The van der Waals surface area contributed by atoms with E-state index >= 15 is 0 Å². The van der Waals surface area contributed by atoms with Crippen LogP contribution in [0.3, 0.4) is 0 Å². The number of nitrogens with one attached hydrogen (secondary N) is 1. The molecule has 0 amide bonds. The molecule has 0 aliphatic heterocycles. The van der Waals surface area contributed by atoms with Crippen LogP contribution in [0.5, 0.6) is 0 Å². The molecule has 1 aliphatic carbocycles. The van der Waals surface area contributed by atoms with Gasteiger partial charge in [-0.2, -0.15) is 13.2 Å². The molecule has 0 saturated carbocycles. The van der Waals surface area contributed by atoms with Crippen LogP contribution in [0, 0.1) is 5.92 Å². The van der Waals surface area contributed by atoms with Crippen molar-refractivity contribution >= 4 is 11.4 Å². The molecule has 22 heavy (non-hydrogen) atoms. The summed E-state index contributed by atoms with van der Waals surface area (Å²) in [7, 11) is 0. The number of carbonyl (C=O) groups is 1. The zero-order valence-corrected chi connectivity index (χ0v) is 12.8.